The number of non-ortho nitro benzene ring substituents is 1. The predicted octanol–water partition coefficient (Wildman–Crippen LogP) is 5.87. The van der Waals surface area contributed by atoms with Gasteiger partial charge in [-0.3, -0.25) is 10.1 Å². The normalized spacial score (nSPS) is 15.6. The van der Waals surface area contributed by atoms with Crippen LogP contribution in [0.4, 0.5) is 17.1 Å². The molecule has 0 bridgehead atoms. The second-order valence-corrected chi connectivity index (χ2v) is 6.66. The largest absolute Gasteiger partial charge is 0.373 e. The Kier molecular flexibility index (Phi) is 4.52. The van der Waals surface area contributed by atoms with E-state index in [4.69, 9.17) is 11.6 Å². The molecular weight excluding hydrogens is 362 g/mol. The van der Waals surface area contributed by atoms with Crippen molar-refractivity contribution in [1.29, 1.82) is 0 Å². The molecule has 0 aliphatic carbocycles. The monoisotopic (exact) mass is 377 g/mol. The minimum atomic E-state index is -0.393. The maximum absolute atomic E-state index is 10.9. The summed E-state index contributed by atoms with van der Waals surface area (Å²) in [7, 11) is 0. The van der Waals surface area contributed by atoms with Crippen LogP contribution in [-0.4, -0.2) is 4.92 Å². The highest BCUT2D eigenvalue weighted by Gasteiger charge is 2.18. The van der Waals surface area contributed by atoms with Crippen LogP contribution in [0, 0.1) is 10.1 Å². The van der Waals surface area contributed by atoms with Crippen molar-refractivity contribution in [3.05, 3.63) is 105 Å². The van der Waals surface area contributed by atoms with Gasteiger partial charge in [0.25, 0.3) is 5.69 Å². The Balaban J connectivity index is 1.77. The molecule has 1 atom stereocenters. The molecule has 1 aliphatic rings. The van der Waals surface area contributed by atoms with Gasteiger partial charge in [-0.25, -0.2) is 0 Å². The standard InChI is InChI=1S/C21H16ClN3O2/c22-16-9-5-14(6-10-16)20-13-21(15-7-11-17(12-8-15)25(26)27)24-19-4-2-1-3-18(19)23-20/h1-13,21,23-24H. The maximum Gasteiger partial charge on any atom is 0.269 e. The minimum Gasteiger partial charge on any atom is -0.373 e. The quantitative estimate of drug-likeness (QED) is 0.442. The summed E-state index contributed by atoms with van der Waals surface area (Å²) in [5.74, 6) is 0. The van der Waals surface area contributed by atoms with Crippen molar-refractivity contribution in [2.45, 2.75) is 6.04 Å². The average Bonchev–Trinajstić information content (AvgIpc) is 2.88. The Morgan fingerprint density at radius 2 is 1.56 bits per heavy atom. The van der Waals surface area contributed by atoms with Crippen LogP contribution in [0.2, 0.25) is 5.02 Å². The molecule has 0 aromatic heterocycles. The first-order valence-corrected chi connectivity index (χ1v) is 8.83. The van der Waals surface area contributed by atoms with E-state index in [2.05, 4.69) is 16.7 Å². The Hall–Kier alpha value is -3.31. The molecule has 134 valence electrons. The summed E-state index contributed by atoms with van der Waals surface area (Å²) < 4.78 is 0. The number of anilines is 2. The zero-order chi connectivity index (χ0) is 18.8. The van der Waals surface area contributed by atoms with Crippen LogP contribution in [0.1, 0.15) is 17.2 Å². The summed E-state index contributed by atoms with van der Waals surface area (Å²) in [6.45, 7) is 0. The Bertz CT molecular complexity index is 1010. The summed E-state index contributed by atoms with van der Waals surface area (Å²) >= 11 is 6.02. The van der Waals surface area contributed by atoms with Gasteiger partial charge in [-0.2, -0.15) is 0 Å². The fourth-order valence-electron chi connectivity index (χ4n) is 3.06. The third-order valence-electron chi connectivity index (χ3n) is 4.46. The number of benzene rings is 3. The molecule has 6 heteroatoms. The number of hydrogen-bond acceptors (Lipinski definition) is 4. The molecule has 0 saturated carbocycles. The van der Waals surface area contributed by atoms with Gasteiger partial charge >= 0.3 is 0 Å². The van der Waals surface area contributed by atoms with Gasteiger partial charge in [0.15, 0.2) is 0 Å². The SMILES string of the molecule is O=[N+]([O-])c1ccc(C2C=C(c3ccc(Cl)cc3)Nc3ccccc3N2)cc1. The molecule has 2 N–H and O–H groups in total. The first-order chi connectivity index (χ1) is 13.1. The van der Waals surface area contributed by atoms with Crippen LogP contribution in [-0.2, 0) is 0 Å². The van der Waals surface area contributed by atoms with E-state index < -0.39 is 4.92 Å². The lowest BCUT2D eigenvalue weighted by Crippen LogP contribution is -2.07. The Morgan fingerprint density at radius 1 is 0.889 bits per heavy atom. The zero-order valence-corrected chi connectivity index (χ0v) is 15.0. The third kappa shape index (κ3) is 3.64. The first kappa shape index (κ1) is 17.1. The lowest BCUT2D eigenvalue weighted by molar-refractivity contribution is -0.384. The fourth-order valence-corrected chi connectivity index (χ4v) is 3.19. The van der Waals surface area contributed by atoms with Gasteiger partial charge in [-0.15, -0.1) is 0 Å². The Morgan fingerprint density at radius 3 is 2.22 bits per heavy atom. The van der Waals surface area contributed by atoms with E-state index in [0.717, 1.165) is 28.2 Å². The van der Waals surface area contributed by atoms with Crippen molar-refractivity contribution in [2.75, 3.05) is 10.6 Å². The van der Waals surface area contributed by atoms with E-state index in [-0.39, 0.29) is 11.7 Å². The van der Waals surface area contributed by atoms with Crippen molar-refractivity contribution >= 4 is 34.4 Å². The molecule has 5 nitrogen and oxygen atoms in total. The highest BCUT2D eigenvalue weighted by Crippen LogP contribution is 2.35. The summed E-state index contributed by atoms with van der Waals surface area (Å²) in [5, 5.41) is 18.6. The molecule has 1 heterocycles. The van der Waals surface area contributed by atoms with Crippen molar-refractivity contribution in [3.8, 4) is 0 Å². The number of para-hydroxylation sites is 2. The minimum absolute atomic E-state index is 0.0767. The number of hydrogen-bond donors (Lipinski definition) is 2. The van der Waals surface area contributed by atoms with Crippen molar-refractivity contribution in [1.82, 2.24) is 0 Å². The lowest BCUT2D eigenvalue weighted by atomic mass is 10.0. The number of nitrogens with one attached hydrogen (secondary N) is 2. The van der Waals surface area contributed by atoms with Crippen LogP contribution in [0.3, 0.4) is 0 Å². The highest BCUT2D eigenvalue weighted by atomic mass is 35.5. The van der Waals surface area contributed by atoms with Crippen molar-refractivity contribution in [3.63, 3.8) is 0 Å². The molecule has 4 rings (SSSR count). The number of fused-ring (bicyclic) bond motifs is 1. The number of nitro benzene ring substituents is 1. The molecule has 0 spiro atoms. The van der Waals surface area contributed by atoms with E-state index in [1.54, 1.807) is 12.1 Å². The number of nitrogens with zero attached hydrogens (tertiary/aromatic N) is 1. The van der Waals surface area contributed by atoms with Crippen molar-refractivity contribution in [2.24, 2.45) is 0 Å². The topological polar surface area (TPSA) is 67.2 Å². The third-order valence-corrected chi connectivity index (χ3v) is 4.71. The number of halogens is 1. The average molecular weight is 378 g/mol. The van der Waals surface area contributed by atoms with E-state index in [0.29, 0.717) is 5.02 Å². The molecule has 1 aliphatic heterocycles. The molecule has 0 amide bonds. The molecule has 3 aromatic carbocycles. The summed E-state index contributed by atoms with van der Waals surface area (Å²) in [6.07, 6.45) is 2.07. The fraction of sp³-hybridized carbons (Fsp3) is 0.0476. The smallest absolute Gasteiger partial charge is 0.269 e. The lowest BCUT2D eigenvalue weighted by Gasteiger charge is -2.16. The number of rotatable bonds is 3. The highest BCUT2D eigenvalue weighted by molar-refractivity contribution is 6.30. The van der Waals surface area contributed by atoms with Gasteiger partial charge in [-0.1, -0.05) is 35.9 Å². The number of nitro groups is 1. The second kappa shape index (κ2) is 7.13. The molecule has 0 radical (unpaired) electrons. The summed E-state index contributed by atoms with van der Waals surface area (Å²) in [4.78, 5) is 10.5. The maximum atomic E-state index is 10.9. The molecule has 3 aromatic rings. The first-order valence-electron chi connectivity index (χ1n) is 8.45. The summed E-state index contributed by atoms with van der Waals surface area (Å²) in [6, 6.07) is 22.0. The van der Waals surface area contributed by atoms with Gasteiger partial charge < -0.3 is 10.6 Å². The Labute approximate surface area is 161 Å². The van der Waals surface area contributed by atoms with Gasteiger partial charge in [0, 0.05) is 22.9 Å². The van der Waals surface area contributed by atoms with E-state index in [9.17, 15) is 10.1 Å². The van der Waals surface area contributed by atoms with Gasteiger partial charge in [0.1, 0.15) is 0 Å². The van der Waals surface area contributed by atoms with Gasteiger partial charge in [0.2, 0.25) is 0 Å². The van der Waals surface area contributed by atoms with Gasteiger partial charge in [0.05, 0.1) is 22.3 Å². The van der Waals surface area contributed by atoms with E-state index in [1.165, 1.54) is 12.1 Å². The molecule has 0 saturated heterocycles. The molecule has 1 unspecified atom stereocenters. The van der Waals surface area contributed by atoms with E-state index >= 15 is 0 Å². The van der Waals surface area contributed by atoms with Crippen LogP contribution in [0.5, 0.6) is 0 Å². The van der Waals surface area contributed by atoms with Crippen LogP contribution >= 0.6 is 11.6 Å². The predicted molar refractivity (Wildman–Crippen MR) is 109 cm³/mol. The molecular formula is C21H16ClN3O2. The van der Waals surface area contributed by atoms with Crippen LogP contribution in [0.15, 0.2) is 78.9 Å². The van der Waals surface area contributed by atoms with E-state index in [1.807, 2.05) is 48.5 Å². The molecule has 0 fully saturated rings. The van der Waals surface area contributed by atoms with Crippen LogP contribution < -0.4 is 10.6 Å². The van der Waals surface area contributed by atoms with Gasteiger partial charge in [-0.05, 0) is 53.6 Å². The molecule has 27 heavy (non-hydrogen) atoms. The van der Waals surface area contributed by atoms with Crippen molar-refractivity contribution < 1.29 is 4.92 Å². The zero-order valence-electron chi connectivity index (χ0n) is 14.2. The van der Waals surface area contributed by atoms with Crippen LogP contribution in [0.25, 0.3) is 5.70 Å². The second-order valence-electron chi connectivity index (χ2n) is 6.23. The summed E-state index contributed by atoms with van der Waals surface area (Å²) in [5.41, 5.74) is 4.87.